The zero-order valence-electron chi connectivity index (χ0n) is 16.0. The zero-order chi connectivity index (χ0) is 19.2. The largest absolute Gasteiger partial charge is 0.378 e. The summed E-state index contributed by atoms with van der Waals surface area (Å²) in [7, 11) is 0. The summed E-state index contributed by atoms with van der Waals surface area (Å²) in [5.41, 5.74) is 0. The van der Waals surface area contributed by atoms with Crippen LogP contribution < -0.4 is 15.1 Å². The highest BCUT2D eigenvalue weighted by atomic mass is 32.1. The molecule has 2 aromatic heterocycles. The molecule has 0 unspecified atom stereocenters. The maximum Gasteiger partial charge on any atom is 0.223 e. The van der Waals surface area contributed by atoms with Gasteiger partial charge in [-0.15, -0.1) is 21.5 Å². The first-order chi connectivity index (χ1) is 13.8. The summed E-state index contributed by atoms with van der Waals surface area (Å²) < 4.78 is 5.38. The predicted molar refractivity (Wildman–Crippen MR) is 111 cm³/mol. The predicted octanol–water partition coefficient (Wildman–Crippen LogP) is 1.95. The lowest BCUT2D eigenvalue weighted by Crippen LogP contribution is -2.41. The fourth-order valence-electron chi connectivity index (χ4n) is 3.73. The molecule has 0 aliphatic carbocycles. The van der Waals surface area contributed by atoms with Crippen LogP contribution in [0.3, 0.4) is 0 Å². The number of carbonyl (C=O) groups excluding carboxylic acids is 1. The number of hydrogen-bond donors (Lipinski definition) is 1. The number of rotatable bonds is 6. The second kappa shape index (κ2) is 9.34. The smallest absolute Gasteiger partial charge is 0.223 e. The Labute approximate surface area is 169 Å². The lowest BCUT2D eigenvalue weighted by Gasteiger charge is -2.32. The molecule has 0 aromatic carbocycles. The van der Waals surface area contributed by atoms with Gasteiger partial charge >= 0.3 is 0 Å². The number of morpholine rings is 1. The Morgan fingerprint density at radius 2 is 1.75 bits per heavy atom. The number of carbonyl (C=O) groups is 1. The number of thiophene rings is 1. The molecular formula is C20H27N5O2S. The SMILES string of the molecule is O=C(NCCc1cccs1)C1CCN(c2ccc(N3CCOCC3)nn2)CC1. The number of nitrogens with one attached hydrogen (secondary N) is 1. The topological polar surface area (TPSA) is 70.6 Å². The van der Waals surface area contributed by atoms with E-state index in [1.54, 1.807) is 11.3 Å². The summed E-state index contributed by atoms with van der Waals surface area (Å²) in [5.74, 6) is 2.09. The summed E-state index contributed by atoms with van der Waals surface area (Å²) in [4.78, 5) is 18.2. The van der Waals surface area contributed by atoms with Gasteiger partial charge in [0.15, 0.2) is 11.6 Å². The standard InChI is InChI=1S/C20H27N5O2S/c26-20(21-8-5-17-2-1-15-28-17)16-6-9-24(10-7-16)18-3-4-19(23-22-18)25-11-13-27-14-12-25/h1-4,15-16H,5-14H2,(H,21,26). The minimum atomic E-state index is 0.0974. The van der Waals surface area contributed by atoms with Crippen molar-refractivity contribution in [3.05, 3.63) is 34.5 Å². The van der Waals surface area contributed by atoms with E-state index in [0.29, 0.717) is 6.54 Å². The average molecular weight is 402 g/mol. The van der Waals surface area contributed by atoms with Crippen LogP contribution in [-0.2, 0) is 16.0 Å². The van der Waals surface area contributed by atoms with Crippen molar-refractivity contribution >= 4 is 28.9 Å². The molecule has 1 N–H and O–H groups in total. The summed E-state index contributed by atoms with van der Waals surface area (Å²) in [6, 6.07) is 8.24. The minimum absolute atomic E-state index is 0.0974. The average Bonchev–Trinajstić information content (AvgIpc) is 3.28. The van der Waals surface area contributed by atoms with Crippen LogP contribution in [0, 0.1) is 5.92 Å². The van der Waals surface area contributed by atoms with Crippen LogP contribution in [0.25, 0.3) is 0 Å². The molecule has 0 radical (unpaired) electrons. The highest BCUT2D eigenvalue weighted by molar-refractivity contribution is 7.09. The Morgan fingerprint density at radius 1 is 1.07 bits per heavy atom. The molecule has 0 saturated carbocycles. The van der Waals surface area contributed by atoms with Crippen molar-refractivity contribution in [3.63, 3.8) is 0 Å². The molecule has 4 rings (SSSR count). The lowest BCUT2D eigenvalue weighted by atomic mass is 9.96. The van der Waals surface area contributed by atoms with E-state index >= 15 is 0 Å². The van der Waals surface area contributed by atoms with Crippen molar-refractivity contribution in [2.75, 3.05) is 55.7 Å². The Bertz CT molecular complexity index is 738. The zero-order valence-corrected chi connectivity index (χ0v) is 16.9. The number of amides is 1. The maximum atomic E-state index is 12.4. The first-order valence-electron chi connectivity index (χ1n) is 10.0. The minimum Gasteiger partial charge on any atom is -0.378 e. The molecule has 8 heteroatoms. The van der Waals surface area contributed by atoms with Gasteiger partial charge in [-0.2, -0.15) is 0 Å². The van der Waals surface area contributed by atoms with E-state index in [9.17, 15) is 4.79 Å². The number of ether oxygens (including phenoxy) is 1. The monoisotopic (exact) mass is 401 g/mol. The van der Waals surface area contributed by atoms with E-state index in [2.05, 4.69) is 36.8 Å². The molecule has 1 amide bonds. The van der Waals surface area contributed by atoms with E-state index in [0.717, 1.165) is 70.3 Å². The van der Waals surface area contributed by atoms with Gasteiger partial charge in [-0.3, -0.25) is 4.79 Å². The second-order valence-electron chi connectivity index (χ2n) is 7.23. The molecule has 28 heavy (non-hydrogen) atoms. The van der Waals surface area contributed by atoms with Crippen molar-refractivity contribution in [3.8, 4) is 0 Å². The van der Waals surface area contributed by atoms with Crippen LogP contribution in [0.1, 0.15) is 17.7 Å². The highest BCUT2D eigenvalue weighted by Gasteiger charge is 2.25. The van der Waals surface area contributed by atoms with Gasteiger partial charge in [-0.1, -0.05) is 6.07 Å². The highest BCUT2D eigenvalue weighted by Crippen LogP contribution is 2.23. The first kappa shape index (κ1) is 19.1. The number of anilines is 2. The van der Waals surface area contributed by atoms with Crippen LogP contribution >= 0.6 is 11.3 Å². The summed E-state index contributed by atoms with van der Waals surface area (Å²) in [5, 5.41) is 14.0. The van der Waals surface area contributed by atoms with Gasteiger partial charge in [-0.25, -0.2) is 0 Å². The molecular weight excluding hydrogens is 374 g/mol. The van der Waals surface area contributed by atoms with Gasteiger partial charge in [-0.05, 0) is 42.8 Å². The molecule has 4 heterocycles. The van der Waals surface area contributed by atoms with Crippen LogP contribution in [0.15, 0.2) is 29.6 Å². The number of aromatic nitrogens is 2. The molecule has 0 bridgehead atoms. The third-order valence-electron chi connectivity index (χ3n) is 5.41. The van der Waals surface area contributed by atoms with Crippen LogP contribution in [0.2, 0.25) is 0 Å². The van der Waals surface area contributed by atoms with E-state index in [4.69, 9.17) is 4.74 Å². The van der Waals surface area contributed by atoms with Gasteiger partial charge in [0.1, 0.15) is 0 Å². The van der Waals surface area contributed by atoms with Crippen molar-refractivity contribution in [2.24, 2.45) is 5.92 Å². The Kier molecular flexibility index (Phi) is 6.38. The molecule has 150 valence electrons. The second-order valence-corrected chi connectivity index (χ2v) is 8.26. The third kappa shape index (κ3) is 4.80. The number of piperidine rings is 1. The Hall–Kier alpha value is -2.19. The first-order valence-corrected chi connectivity index (χ1v) is 10.9. The summed E-state index contributed by atoms with van der Waals surface area (Å²) in [6.45, 7) is 5.61. The van der Waals surface area contributed by atoms with Crippen LogP contribution in [0.5, 0.6) is 0 Å². The van der Waals surface area contributed by atoms with Crippen molar-refractivity contribution in [1.82, 2.24) is 15.5 Å². The molecule has 2 saturated heterocycles. The van der Waals surface area contributed by atoms with E-state index in [-0.39, 0.29) is 11.8 Å². The van der Waals surface area contributed by atoms with Crippen molar-refractivity contribution in [1.29, 1.82) is 0 Å². The fourth-order valence-corrected chi connectivity index (χ4v) is 4.44. The molecule has 2 aliphatic heterocycles. The fraction of sp³-hybridized carbons (Fsp3) is 0.550. The normalized spacial score (nSPS) is 18.3. The van der Waals surface area contributed by atoms with Gasteiger partial charge in [0.05, 0.1) is 13.2 Å². The lowest BCUT2D eigenvalue weighted by molar-refractivity contribution is -0.125. The summed E-state index contributed by atoms with van der Waals surface area (Å²) >= 11 is 1.74. The van der Waals surface area contributed by atoms with Gasteiger partial charge in [0, 0.05) is 43.5 Å². The van der Waals surface area contributed by atoms with Crippen LogP contribution in [-0.4, -0.2) is 62.0 Å². The molecule has 2 fully saturated rings. The van der Waals surface area contributed by atoms with Gasteiger partial charge in [0.2, 0.25) is 5.91 Å². The molecule has 2 aromatic rings. The van der Waals surface area contributed by atoms with Gasteiger partial charge in [0.25, 0.3) is 0 Å². The maximum absolute atomic E-state index is 12.4. The van der Waals surface area contributed by atoms with E-state index < -0.39 is 0 Å². The van der Waals surface area contributed by atoms with Crippen molar-refractivity contribution < 1.29 is 9.53 Å². The van der Waals surface area contributed by atoms with Crippen molar-refractivity contribution in [2.45, 2.75) is 19.3 Å². The number of nitrogens with zero attached hydrogens (tertiary/aromatic N) is 4. The van der Waals surface area contributed by atoms with E-state index in [1.807, 2.05) is 18.2 Å². The van der Waals surface area contributed by atoms with Gasteiger partial charge < -0.3 is 19.9 Å². The Morgan fingerprint density at radius 3 is 2.36 bits per heavy atom. The quantitative estimate of drug-likeness (QED) is 0.798. The van der Waals surface area contributed by atoms with Crippen LogP contribution in [0.4, 0.5) is 11.6 Å². The third-order valence-corrected chi connectivity index (χ3v) is 6.35. The summed E-state index contributed by atoms with van der Waals surface area (Å²) in [6.07, 6.45) is 2.63. The van der Waals surface area contributed by atoms with E-state index in [1.165, 1.54) is 4.88 Å². The molecule has 0 spiro atoms. The molecule has 0 atom stereocenters. The Balaban J connectivity index is 1.22. The molecule has 2 aliphatic rings. The molecule has 7 nitrogen and oxygen atoms in total. The number of hydrogen-bond acceptors (Lipinski definition) is 7.